The third-order valence-electron chi connectivity index (χ3n) is 12.9. The lowest BCUT2D eigenvalue weighted by molar-refractivity contribution is -0.124. The van der Waals surface area contributed by atoms with Crippen LogP contribution in [0.5, 0.6) is 0 Å². The quantitative estimate of drug-likeness (QED) is 0.0362. The van der Waals surface area contributed by atoms with Gasteiger partial charge in [0.1, 0.15) is 0 Å². The summed E-state index contributed by atoms with van der Waals surface area (Å²) < 4.78 is 0. The number of allylic oxidation sites excluding steroid dienone is 5. The molecule has 0 aliphatic heterocycles. The lowest BCUT2D eigenvalue weighted by Gasteiger charge is -2.21. The highest BCUT2D eigenvalue weighted by Crippen LogP contribution is 2.17. The first-order chi connectivity index (χ1) is 30.5. The number of nitrogens with one attached hydrogen (secondary N) is 1. The normalized spacial score (nSPS) is 13.6. The SMILES string of the molecule is CCCCCCCCCCC/C=C\C/C=C\CCCCCCCCCC(O)CC(=O)NC(CO)C(O)/C=C/CCCCCCCCCCCCCCCCCCCCCCCC. The second kappa shape index (κ2) is 52.2. The summed E-state index contributed by atoms with van der Waals surface area (Å²) in [5.74, 6) is -0.317. The molecule has 0 rings (SSSR count). The van der Waals surface area contributed by atoms with E-state index < -0.39 is 18.2 Å². The Morgan fingerprint density at radius 1 is 0.419 bits per heavy atom. The molecule has 62 heavy (non-hydrogen) atoms. The standard InChI is InChI=1S/C57H109NO4/c1-3-5-7-9-11-13-15-17-19-21-23-25-27-29-31-33-35-37-39-41-43-45-47-49-51-56(61)55(53-59)58-57(62)52-54(60)50-48-46-44-42-40-38-36-34-32-30-28-26-24-22-20-18-16-14-12-10-8-6-4-2/h24,26,30,32,49,51,54-56,59-61H,3-23,25,27-29,31,33-48,50,52-53H2,1-2H3,(H,58,62)/b26-24-,32-30-,51-49+. The van der Waals surface area contributed by atoms with Gasteiger partial charge >= 0.3 is 0 Å². The molecule has 0 heterocycles. The van der Waals surface area contributed by atoms with Crippen LogP contribution in [0.3, 0.4) is 0 Å². The molecule has 0 spiro atoms. The Labute approximate surface area is 387 Å². The summed E-state index contributed by atoms with van der Waals surface area (Å²) in [6.45, 7) is 4.24. The van der Waals surface area contributed by atoms with Crippen molar-refractivity contribution in [2.45, 2.75) is 315 Å². The first kappa shape index (κ1) is 60.6. The third kappa shape index (κ3) is 48.0. The van der Waals surface area contributed by atoms with Crippen molar-refractivity contribution in [2.75, 3.05) is 6.61 Å². The topological polar surface area (TPSA) is 89.8 Å². The summed E-state index contributed by atoms with van der Waals surface area (Å²) in [6.07, 6.45) is 67.5. The molecule has 0 aromatic rings. The summed E-state index contributed by atoms with van der Waals surface area (Å²) in [6, 6.07) is -0.748. The molecule has 0 aliphatic rings. The van der Waals surface area contributed by atoms with E-state index in [1.165, 1.54) is 238 Å². The smallest absolute Gasteiger partial charge is 0.222 e. The van der Waals surface area contributed by atoms with Crippen LogP contribution in [0.2, 0.25) is 0 Å². The molecule has 366 valence electrons. The molecule has 5 nitrogen and oxygen atoms in total. The van der Waals surface area contributed by atoms with Gasteiger partial charge in [-0.2, -0.15) is 0 Å². The number of aliphatic hydroxyl groups excluding tert-OH is 3. The molecule has 0 radical (unpaired) electrons. The van der Waals surface area contributed by atoms with Crippen LogP contribution >= 0.6 is 0 Å². The Balaban J connectivity index is 3.60. The molecule has 0 saturated carbocycles. The van der Waals surface area contributed by atoms with Crippen molar-refractivity contribution in [3.8, 4) is 0 Å². The molecular weight excluding hydrogens is 763 g/mol. The Morgan fingerprint density at radius 3 is 1.06 bits per heavy atom. The predicted molar refractivity (Wildman–Crippen MR) is 273 cm³/mol. The minimum atomic E-state index is -0.932. The molecule has 5 heteroatoms. The molecule has 3 atom stereocenters. The summed E-state index contributed by atoms with van der Waals surface area (Å²) in [7, 11) is 0. The van der Waals surface area contributed by atoms with E-state index >= 15 is 0 Å². The monoisotopic (exact) mass is 872 g/mol. The summed E-state index contributed by atoms with van der Waals surface area (Å²) in [5, 5.41) is 33.5. The Bertz CT molecular complexity index is 962. The molecule has 0 aliphatic carbocycles. The van der Waals surface area contributed by atoms with Crippen molar-refractivity contribution in [1.29, 1.82) is 0 Å². The van der Waals surface area contributed by atoms with Gasteiger partial charge in [0.05, 0.1) is 31.3 Å². The highest BCUT2D eigenvalue weighted by molar-refractivity contribution is 5.76. The van der Waals surface area contributed by atoms with E-state index in [4.69, 9.17) is 0 Å². The number of carbonyl (C=O) groups is 1. The number of hydrogen-bond donors (Lipinski definition) is 4. The number of amides is 1. The zero-order valence-electron chi connectivity index (χ0n) is 41.8. The molecular formula is C57H109NO4. The zero-order valence-corrected chi connectivity index (χ0v) is 41.8. The summed E-state index contributed by atoms with van der Waals surface area (Å²) in [4.78, 5) is 12.5. The van der Waals surface area contributed by atoms with Gasteiger partial charge in [0.15, 0.2) is 0 Å². The van der Waals surface area contributed by atoms with E-state index in [1.54, 1.807) is 6.08 Å². The van der Waals surface area contributed by atoms with E-state index in [9.17, 15) is 20.1 Å². The molecule has 3 unspecified atom stereocenters. The van der Waals surface area contributed by atoms with Gasteiger partial charge in [0.2, 0.25) is 5.91 Å². The lowest BCUT2D eigenvalue weighted by atomic mass is 10.0. The largest absolute Gasteiger partial charge is 0.394 e. The first-order valence-electron chi connectivity index (χ1n) is 27.8. The van der Waals surface area contributed by atoms with Crippen LogP contribution in [-0.4, -0.2) is 46.1 Å². The van der Waals surface area contributed by atoms with Crippen molar-refractivity contribution < 1.29 is 20.1 Å². The van der Waals surface area contributed by atoms with E-state index in [2.05, 4.69) is 43.5 Å². The summed E-state index contributed by atoms with van der Waals surface area (Å²) >= 11 is 0. The van der Waals surface area contributed by atoms with Crippen LogP contribution in [0.1, 0.15) is 296 Å². The third-order valence-corrected chi connectivity index (χ3v) is 12.9. The van der Waals surface area contributed by atoms with Crippen molar-refractivity contribution in [1.82, 2.24) is 5.32 Å². The van der Waals surface area contributed by atoms with Crippen LogP contribution in [-0.2, 0) is 4.79 Å². The number of hydrogen-bond acceptors (Lipinski definition) is 4. The highest BCUT2D eigenvalue weighted by atomic mass is 16.3. The Morgan fingerprint density at radius 2 is 0.726 bits per heavy atom. The average Bonchev–Trinajstić information content (AvgIpc) is 3.27. The minimum absolute atomic E-state index is 0.00896. The second-order valence-electron chi connectivity index (χ2n) is 19.2. The van der Waals surface area contributed by atoms with Crippen LogP contribution in [0.25, 0.3) is 0 Å². The zero-order chi connectivity index (χ0) is 45.1. The molecule has 0 aromatic heterocycles. The fraction of sp³-hybridized carbons (Fsp3) is 0.877. The van der Waals surface area contributed by atoms with Crippen molar-refractivity contribution in [3.63, 3.8) is 0 Å². The van der Waals surface area contributed by atoms with Crippen molar-refractivity contribution in [2.24, 2.45) is 0 Å². The number of aliphatic hydroxyl groups is 3. The number of rotatable bonds is 51. The van der Waals surface area contributed by atoms with Gasteiger partial charge in [-0.25, -0.2) is 0 Å². The maximum Gasteiger partial charge on any atom is 0.222 e. The second-order valence-corrected chi connectivity index (χ2v) is 19.2. The van der Waals surface area contributed by atoms with Gasteiger partial charge in [-0.05, 0) is 51.4 Å². The van der Waals surface area contributed by atoms with Crippen LogP contribution in [0, 0.1) is 0 Å². The molecule has 0 bridgehead atoms. The van der Waals surface area contributed by atoms with Gasteiger partial charge in [-0.15, -0.1) is 0 Å². The summed E-state index contributed by atoms with van der Waals surface area (Å²) in [5.41, 5.74) is 0. The van der Waals surface area contributed by atoms with E-state index in [-0.39, 0.29) is 18.9 Å². The van der Waals surface area contributed by atoms with E-state index in [0.717, 1.165) is 32.1 Å². The molecule has 0 fully saturated rings. The van der Waals surface area contributed by atoms with Gasteiger partial charge < -0.3 is 20.6 Å². The van der Waals surface area contributed by atoms with Crippen molar-refractivity contribution >= 4 is 5.91 Å². The van der Waals surface area contributed by atoms with Crippen LogP contribution in [0.15, 0.2) is 36.5 Å². The van der Waals surface area contributed by atoms with Crippen molar-refractivity contribution in [3.05, 3.63) is 36.5 Å². The maximum absolute atomic E-state index is 12.5. The average molecular weight is 873 g/mol. The number of unbranched alkanes of at least 4 members (excludes halogenated alkanes) is 38. The molecule has 0 saturated heterocycles. The van der Waals surface area contributed by atoms with Gasteiger partial charge in [0, 0.05) is 0 Å². The van der Waals surface area contributed by atoms with Gasteiger partial charge in [0.25, 0.3) is 0 Å². The van der Waals surface area contributed by atoms with Gasteiger partial charge in [-0.3, -0.25) is 4.79 Å². The Kier molecular flexibility index (Phi) is 51.0. The van der Waals surface area contributed by atoms with Crippen LogP contribution < -0.4 is 5.32 Å². The van der Waals surface area contributed by atoms with Gasteiger partial charge in [-0.1, -0.05) is 275 Å². The molecule has 1 amide bonds. The fourth-order valence-corrected chi connectivity index (χ4v) is 8.67. The highest BCUT2D eigenvalue weighted by Gasteiger charge is 2.20. The first-order valence-corrected chi connectivity index (χ1v) is 27.8. The molecule has 0 aromatic carbocycles. The van der Waals surface area contributed by atoms with E-state index in [1.807, 2.05) is 6.08 Å². The lowest BCUT2D eigenvalue weighted by Crippen LogP contribution is -2.45. The van der Waals surface area contributed by atoms with Crippen LogP contribution in [0.4, 0.5) is 0 Å². The number of carbonyl (C=O) groups excluding carboxylic acids is 1. The maximum atomic E-state index is 12.5. The predicted octanol–water partition coefficient (Wildman–Crippen LogP) is 17.1. The van der Waals surface area contributed by atoms with E-state index in [0.29, 0.717) is 6.42 Å². The molecule has 4 N–H and O–H groups in total. The fourth-order valence-electron chi connectivity index (χ4n) is 8.67. The Hall–Kier alpha value is -1.43. The minimum Gasteiger partial charge on any atom is -0.394 e.